The molecule has 0 aromatic heterocycles. The fourth-order valence-electron chi connectivity index (χ4n) is 3.12. The van der Waals surface area contributed by atoms with E-state index in [1.807, 2.05) is 13.8 Å². The molecule has 7 nitrogen and oxygen atoms in total. The fourth-order valence-corrected chi connectivity index (χ4v) is 3.12. The minimum Gasteiger partial charge on any atom is -0.461 e. The standard InChI is InChI=1S/C19H32N2O5/c1-12(2)25-17(14-7-5-6-8-14)18(23)21-16(10-9-15(22)11-20)19(24)26-13(3)4/h11-14,16-17,20H,5-10H2,1-4H3,(H,21,23)/t16-,17-/m0/s1. The molecule has 1 amide bonds. The maximum absolute atomic E-state index is 12.8. The van der Waals surface area contributed by atoms with Gasteiger partial charge in [0.05, 0.1) is 18.4 Å². The first kappa shape index (κ1) is 22.3. The Kier molecular flexibility index (Phi) is 9.48. The van der Waals surface area contributed by atoms with Gasteiger partial charge in [0.25, 0.3) is 0 Å². The molecule has 0 bridgehead atoms. The first-order valence-electron chi connectivity index (χ1n) is 9.44. The van der Waals surface area contributed by atoms with Gasteiger partial charge in [0, 0.05) is 6.42 Å². The third kappa shape index (κ3) is 7.64. The molecule has 0 saturated heterocycles. The first-order chi connectivity index (χ1) is 12.2. The number of amides is 1. The molecule has 0 aliphatic heterocycles. The van der Waals surface area contributed by atoms with Gasteiger partial charge in [-0.25, -0.2) is 4.79 Å². The maximum atomic E-state index is 12.8. The molecule has 1 rings (SSSR count). The van der Waals surface area contributed by atoms with Crippen molar-refractivity contribution >= 4 is 23.9 Å². The van der Waals surface area contributed by atoms with Gasteiger partial charge in [0.1, 0.15) is 12.1 Å². The van der Waals surface area contributed by atoms with Gasteiger partial charge in [0.15, 0.2) is 5.78 Å². The van der Waals surface area contributed by atoms with Gasteiger partial charge in [-0.1, -0.05) is 12.8 Å². The molecule has 1 saturated carbocycles. The molecular weight excluding hydrogens is 336 g/mol. The number of Topliss-reactive ketones (excluding diaryl/α,β-unsaturated/α-hetero) is 1. The summed E-state index contributed by atoms with van der Waals surface area (Å²) >= 11 is 0. The van der Waals surface area contributed by atoms with Crippen LogP contribution >= 0.6 is 0 Å². The molecule has 1 aliphatic carbocycles. The topological polar surface area (TPSA) is 106 Å². The van der Waals surface area contributed by atoms with Gasteiger partial charge in [-0.2, -0.15) is 0 Å². The Morgan fingerprint density at radius 3 is 2.23 bits per heavy atom. The summed E-state index contributed by atoms with van der Waals surface area (Å²) in [7, 11) is 0. The van der Waals surface area contributed by atoms with Crippen molar-refractivity contribution in [2.24, 2.45) is 5.92 Å². The summed E-state index contributed by atoms with van der Waals surface area (Å²) in [6.07, 6.45) is 3.79. The molecule has 2 atom stereocenters. The average molecular weight is 368 g/mol. The number of carbonyl (C=O) groups excluding carboxylic acids is 3. The van der Waals surface area contributed by atoms with Crippen LogP contribution in [0.15, 0.2) is 0 Å². The third-order valence-corrected chi connectivity index (χ3v) is 4.30. The predicted octanol–water partition coefficient (Wildman–Crippen LogP) is 2.41. The van der Waals surface area contributed by atoms with E-state index in [0.717, 1.165) is 31.9 Å². The number of hydrogen-bond acceptors (Lipinski definition) is 6. The zero-order valence-electron chi connectivity index (χ0n) is 16.2. The molecule has 0 aromatic carbocycles. The lowest BCUT2D eigenvalue weighted by atomic mass is 9.99. The number of esters is 1. The zero-order chi connectivity index (χ0) is 19.7. The van der Waals surface area contributed by atoms with Crippen molar-refractivity contribution in [2.45, 2.75) is 90.6 Å². The number of ketones is 1. The molecule has 26 heavy (non-hydrogen) atoms. The lowest BCUT2D eigenvalue weighted by molar-refractivity contribution is -0.154. The van der Waals surface area contributed by atoms with E-state index in [0.29, 0.717) is 0 Å². The first-order valence-corrected chi connectivity index (χ1v) is 9.44. The third-order valence-electron chi connectivity index (χ3n) is 4.30. The summed E-state index contributed by atoms with van der Waals surface area (Å²) in [5.41, 5.74) is 0. The van der Waals surface area contributed by atoms with Crippen molar-refractivity contribution in [3.05, 3.63) is 0 Å². The Hall–Kier alpha value is -1.76. The Morgan fingerprint density at radius 2 is 1.73 bits per heavy atom. The van der Waals surface area contributed by atoms with Gasteiger partial charge in [-0.3, -0.25) is 9.59 Å². The lowest BCUT2D eigenvalue weighted by Gasteiger charge is -2.27. The maximum Gasteiger partial charge on any atom is 0.328 e. The van der Waals surface area contributed by atoms with E-state index >= 15 is 0 Å². The summed E-state index contributed by atoms with van der Waals surface area (Å²) in [6, 6.07) is -0.923. The van der Waals surface area contributed by atoms with Crippen LogP contribution in [-0.4, -0.2) is 48.2 Å². The van der Waals surface area contributed by atoms with Crippen LogP contribution in [0.1, 0.15) is 66.2 Å². The normalized spacial score (nSPS) is 17.2. The van der Waals surface area contributed by atoms with E-state index in [9.17, 15) is 14.4 Å². The number of ether oxygens (including phenoxy) is 2. The van der Waals surface area contributed by atoms with E-state index in [1.54, 1.807) is 13.8 Å². The predicted molar refractivity (Wildman–Crippen MR) is 98.2 cm³/mol. The Labute approximate surface area is 155 Å². The molecule has 148 valence electrons. The number of hydrogen-bond donors (Lipinski definition) is 2. The molecule has 0 unspecified atom stereocenters. The highest BCUT2D eigenvalue weighted by atomic mass is 16.5. The molecule has 2 N–H and O–H groups in total. The quantitative estimate of drug-likeness (QED) is 0.430. The minimum atomic E-state index is -0.923. The monoisotopic (exact) mass is 368 g/mol. The molecule has 1 fully saturated rings. The summed E-state index contributed by atoms with van der Waals surface area (Å²) < 4.78 is 11.0. The lowest BCUT2D eigenvalue weighted by Crippen LogP contribution is -2.49. The number of rotatable bonds is 11. The van der Waals surface area contributed by atoms with E-state index < -0.39 is 23.9 Å². The highest BCUT2D eigenvalue weighted by molar-refractivity contribution is 6.26. The van der Waals surface area contributed by atoms with E-state index in [1.165, 1.54) is 0 Å². The van der Waals surface area contributed by atoms with Gasteiger partial charge in [-0.15, -0.1) is 0 Å². The molecule has 7 heteroatoms. The van der Waals surface area contributed by atoms with Crippen LogP contribution in [0, 0.1) is 11.3 Å². The number of carbonyl (C=O) groups is 3. The SMILES string of the molecule is CC(C)OC(=O)[C@H](CCC(=O)C=N)NC(=O)[C@@H](OC(C)C)C1CCCC1. The largest absolute Gasteiger partial charge is 0.461 e. The highest BCUT2D eigenvalue weighted by Gasteiger charge is 2.35. The van der Waals surface area contributed by atoms with Crippen molar-refractivity contribution in [2.75, 3.05) is 0 Å². The highest BCUT2D eigenvalue weighted by Crippen LogP contribution is 2.30. The number of nitrogens with one attached hydrogen (secondary N) is 2. The van der Waals surface area contributed by atoms with Crippen LogP contribution in [0.2, 0.25) is 0 Å². The van der Waals surface area contributed by atoms with Gasteiger partial charge < -0.3 is 20.2 Å². The zero-order valence-corrected chi connectivity index (χ0v) is 16.2. The van der Waals surface area contributed by atoms with Crippen LogP contribution in [0.5, 0.6) is 0 Å². The van der Waals surface area contributed by atoms with Crippen LogP contribution in [0.4, 0.5) is 0 Å². The van der Waals surface area contributed by atoms with Crippen LogP contribution in [-0.2, 0) is 23.9 Å². The van der Waals surface area contributed by atoms with Crippen molar-refractivity contribution in [3.63, 3.8) is 0 Å². The van der Waals surface area contributed by atoms with Crippen molar-refractivity contribution < 1.29 is 23.9 Å². The van der Waals surface area contributed by atoms with Crippen molar-refractivity contribution in [3.8, 4) is 0 Å². The minimum absolute atomic E-state index is 0.000769. The average Bonchev–Trinajstić information content (AvgIpc) is 3.09. The van der Waals surface area contributed by atoms with Crippen LogP contribution in [0.25, 0.3) is 0 Å². The van der Waals surface area contributed by atoms with Crippen LogP contribution in [0.3, 0.4) is 0 Å². The second-order valence-electron chi connectivity index (χ2n) is 7.35. The molecule has 1 aliphatic rings. The second kappa shape index (κ2) is 11.1. The molecule has 0 radical (unpaired) electrons. The summed E-state index contributed by atoms with van der Waals surface area (Å²) in [5.74, 6) is -1.16. The summed E-state index contributed by atoms with van der Waals surface area (Å²) in [4.78, 5) is 36.5. The second-order valence-corrected chi connectivity index (χ2v) is 7.35. The summed E-state index contributed by atoms with van der Waals surface area (Å²) in [6.45, 7) is 7.20. The molecular formula is C19H32N2O5. The summed E-state index contributed by atoms with van der Waals surface area (Å²) in [5, 5.41) is 9.69. The van der Waals surface area contributed by atoms with Gasteiger partial charge in [-0.05, 0) is 52.9 Å². The van der Waals surface area contributed by atoms with Crippen molar-refractivity contribution in [1.82, 2.24) is 5.32 Å². The van der Waals surface area contributed by atoms with E-state index in [-0.39, 0.29) is 36.9 Å². The molecule has 0 spiro atoms. The smallest absolute Gasteiger partial charge is 0.328 e. The Bertz CT molecular complexity index is 498. The van der Waals surface area contributed by atoms with E-state index in [4.69, 9.17) is 14.9 Å². The van der Waals surface area contributed by atoms with Crippen LogP contribution < -0.4 is 5.32 Å². The van der Waals surface area contributed by atoms with Gasteiger partial charge in [0.2, 0.25) is 5.91 Å². The Morgan fingerprint density at radius 1 is 1.12 bits per heavy atom. The Balaban J connectivity index is 2.82. The fraction of sp³-hybridized carbons (Fsp3) is 0.789. The van der Waals surface area contributed by atoms with Crippen molar-refractivity contribution in [1.29, 1.82) is 5.41 Å². The molecule has 0 heterocycles. The van der Waals surface area contributed by atoms with Gasteiger partial charge >= 0.3 is 5.97 Å². The molecule has 0 aromatic rings. The van der Waals surface area contributed by atoms with E-state index in [2.05, 4.69) is 5.32 Å².